The summed E-state index contributed by atoms with van der Waals surface area (Å²) in [6, 6.07) is 5.58. The van der Waals surface area contributed by atoms with Crippen molar-refractivity contribution in [1.29, 1.82) is 0 Å². The molecule has 1 fully saturated rings. The van der Waals surface area contributed by atoms with Crippen LogP contribution in [0, 0.1) is 0 Å². The monoisotopic (exact) mass is 357 g/mol. The number of benzene rings is 1. The lowest BCUT2D eigenvalue weighted by Gasteiger charge is -2.39. The third-order valence-electron chi connectivity index (χ3n) is 2.92. The molecular formula is C15H20BrNO4. The molecule has 0 aliphatic carbocycles. The summed E-state index contributed by atoms with van der Waals surface area (Å²) in [5.41, 5.74) is -0.476. The highest BCUT2D eigenvalue weighted by Gasteiger charge is 2.35. The number of amides is 1. The second-order valence-corrected chi connectivity index (χ2v) is 6.84. The minimum Gasteiger partial charge on any atom is -0.493 e. The van der Waals surface area contributed by atoms with Gasteiger partial charge in [-0.25, -0.2) is 4.79 Å². The fourth-order valence-corrected chi connectivity index (χ4v) is 2.25. The van der Waals surface area contributed by atoms with Crippen LogP contribution in [0.25, 0.3) is 0 Å². The quantitative estimate of drug-likeness (QED) is 0.830. The van der Waals surface area contributed by atoms with Crippen molar-refractivity contribution in [3.05, 3.63) is 22.7 Å². The van der Waals surface area contributed by atoms with Crippen LogP contribution in [0.3, 0.4) is 0 Å². The summed E-state index contributed by atoms with van der Waals surface area (Å²) in [7, 11) is 1.60. The third kappa shape index (κ3) is 4.27. The molecule has 21 heavy (non-hydrogen) atoms. The van der Waals surface area contributed by atoms with Gasteiger partial charge >= 0.3 is 6.09 Å². The third-order valence-corrected chi connectivity index (χ3v) is 3.41. The summed E-state index contributed by atoms with van der Waals surface area (Å²) in [5.74, 6) is 1.34. The maximum absolute atomic E-state index is 11.8. The van der Waals surface area contributed by atoms with Gasteiger partial charge in [-0.3, -0.25) is 0 Å². The number of halogens is 1. The second-order valence-electron chi connectivity index (χ2n) is 5.92. The summed E-state index contributed by atoms with van der Waals surface area (Å²) in [6.07, 6.45) is -0.343. The van der Waals surface area contributed by atoms with E-state index in [2.05, 4.69) is 15.9 Å². The van der Waals surface area contributed by atoms with Crippen molar-refractivity contribution in [1.82, 2.24) is 4.90 Å². The highest BCUT2D eigenvalue weighted by molar-refractivity contribution is 9.10. The number of nitrogens with zero attached hydrogens (tertiary/aromatic N) is 1. The smallest absolute Gasteiger partial charge is 0.410 e. The largest absolute Gasteiger partial charge is 0.493 e. The first kappa shape index (κ1) is 15.9. The minimum absolute atomic E-state index is 0.0410. The molecule has 1 heterocycles. The Morgan fingerprint density at radius 2 is 1.95 bits per heavy atom. The van der Waals surface area contributed by atoms with Crippen molar-refractivity contribution in [3.8, 4) is 11.5 Å². The van der Waals surface area contributed by atoms with Crippen LogP contribution >= 0.6 is 15.9 Å². The Balaban J connectivity index is 1.88. The highest BCUT2D eigenvalue weighted by Crippen LogP contribution is 2.32. The van der Waals surface area contributed by atoms with Crippen LogP contribution in [0.5, 0.6) is 11.5 Å². The molecule has 116 valence electrons. The van der Waals surface area contributed by atoms with Gasteiger partial charge in [0.15, 0.2) is 11.5 Å². The van der Waals surface area contributed by atoms with Gasteiger partial charge in [0.25, 0.3) is 0 Å². The van der Waals surface area contributed by atoms with Gasteiger partial charge in [0.05, 0.1) is 20.2 Å². The van der Waals surface area contributed by atoms with Gasteiger partial charge in [-0.1, -0.05) is 15.9 Å². The van der Waals surface area contributed by atoms with Gasteiger partial charge in [-0.15, -0.1) is 0 Å². The van der Waals surface area contributed by atoms with E-state index in [1.807, 2.05) is 39.0 Å². The van der Waals surface area contributed by atoms with E-state index in [0.29, 0.717) is 24.6 Å². The Hall–Kier alpha value is -1.43. The molecule has 0 unspecified atom stereocenters. The fourth-order valence-electron chi connectivity index (χ4n) is 1.91. The van der Waals surface area contributed by atoms with Gasteiger partial charge in [-0.2, -0.15) is 0 Å². The summed E-state index contributed by atoms with van der Waals surface area (Å²) >= 11 is 3.40. The van der Waals surface area contributed by atoms with Gasteiger partial charge in [0.1, 0.15) is 11.7 Å². The van der Waals surface area contributed by atoms with Crippen molar-refractivity contribution in [2.75, 3.05) is 20.2 Å². The molecule has 1 amide bonds. The summed E-state index contributed by atoms with van der Waals surface area (Å²) < 4.78 is 17.3. The molecule has 6 heteroatoms. The molecule has 2 rings (SSSR count). The van der Waals surface area contributed by atoms with E-state index < -0.39 is 5.60 Å². The maximum Gasteiger partial charge on any atom is 0.410 e. The Morgan fingerprint density at radius 1 is 1.29 bits per heavy atom. The second kappa shape index (κ2) is 6.13. The molecule has 1 aliphatic heterocycles. The molecule has 1 aromatic rings. The van der Waals surface area contributed by atoms with Crippen molar-refractivity contribution in [2.24, 2.45) is 0 Å². The van der Waals surface area contributed by atoms with Gasteiger partial charge in [-0.05, 0) is 39.0 Å². The van der Waals surface area contributed by atoms with Crippen molar-refractivity contribution >= 4 is 22.0 Å². The lowest BCUT2D eigenvalue weighted by atomic mass is 10.1. The van der Waals surface area contributed by atoms with Crippen LogP contribution in [0.15, 0.2) is 22.7 Å². The zero-order chi connectivity index (χ0) is 15.6. The van der Waals surface area contributed by atoms with E-state index in [1.54, 1.807) is 12.0 Å². The molecule has 1 saturated heterocycles. The van der Waals surface area contributed by atoms with E-state index >= 15 is 0 Å². The average Bonchev–Trinajstić information content (AvgIpc) is 2.31. The normalized spacial score (nSPS) is 15.4. The van der Waals surface area contributed by atoms with Crippen LogP contribution in [0.1, 0.15) is 20.8 Å². The Kier molecular flexibility index (Phi) is 4.66. The van der Waals surface area contributed by atoms with Crippen molar-refractivity contribution < 1.29 is 19.0 Å². The van der Waals surface area contributed by atoms with Crippen LogP contribution in [-0.2, 0) is 4.74 Å². The summed E-state index contributed by atoms with van der Waals surface area (Å²) in [4.78, 5) is 13.5. The molecule has 0 atom stereocenters. The molecule has 0 spiro atoms. The molecule has 1 aliphatic rings. The van der Waals surface area contributed by atoms with Crippen LogP contribution in [0.2, 0.25) is 0 Å². The number of likely N-dealkylation sites (tertiary alicyclic amines) is 1. The molecule has 0 N–H and O–H groups in total. The molecule has 0 radical (unpaired) electrons. The number of methoxy groups -OCH3 is 1. The maximum atomic E-state index is 11.8. The van der Waals surface area contributed by atoms with Crippen molar-refractivity contribution in [3.63, 3.8) is 0 Å². The number of carbonyl (C=O) groups is 1. The molecular weight excluding hydrogens is 338 g/mol. The van der Waals surface area contributed by atoms with E-state index in [-0.39, 0.29) is 12.2 Å². The SMILES string of the molecule is COc1ccc(Br)cc1OC1CN(C(=O)OC(C)(C)C)C1. The van der Waals surface area contributed by atoms with E-state index in [9.17, 15) is 4.79 Å². The van der Waals surface area contributed by atoms with Crippen LogP contribution in [-0.4, -0.2) is 42.9 Å². The van der Waals surface area contributed by atoms with Gasteiger partial charge < -0.3 is 19.1 Å². The predicted octanol–water partition coefficient (Wildman–Crippen LogP) is 3.46. The standard InChI is InChI=1S/C15H20BrNO4/c1-15(2,3)21-14(18)17-8-11(9-17)20-13-7-10(16)5-6-12(13)19-4/h5-7,11H,8-9H2,1-4H3. The van der Waals surface area contributed by atoms with E-state index in [1.165, 1.54) is 0 Å². The zero-order valence-corrected chi connectivity index (χ0v) is 14.3. The minimum atomic E-state index is -0.476. The predicted molar refractivity (Wildman–Crippen MR) is 82.9 cm³/mol. The molecule has 0 aromatic heterocycles. The summed E-state index contributed by atoms with van der Waals surface area (Å²) in [5, 5.41) is 0. The first-order valence-electron chi connectivity index (χ1n) is 6.76. The first-order chi connectivity index (χ1) is 9.78. The number of hydrogen-bond donors (Lipinski definition) is 0. The summed E-state index contributed by atoms with van der Waals surface area (Å²) in [6.45, 7) is 6.59. The van der Waals surface area contributed by atoms with Crippen LogP contribution < -0.4 is 9.47 Å². The topological polar surface area (TPSA) is 48.0 Å². The molecule has 1 aromatic carbocycles. The molecule has 0 bridgehead atoms. The first-order valence-corrected chi connectivity index (χ1v) is 7.56. The Bertz CT molecular complexity index is 521. The number of hydrogen-bond acceptors (Lipinski definition) is 4. The highest BCUT2D eigenvalue weighted by atomic mass is 79.9. The van der Waals surface area contributed by atoms with Gasteiger partial charge in [0.2, 0.25) is 0 Å². The number of carbonyl (C=O) groups excluding carboxylic acids is 1. The molecule has 5 nitrogen and oxygen atoms in total. The Morgan fingerprint density at radius 3 is 2.52 bits per heavy atom. The zero-order valence-electron chi connectivity index (χ0n) is 12.7. The molecule has 0 saturated carbocycles. The lowest BCUT2D eigenvalue weighted by Crippen LogP contribution is -2.57. The van der Waals surface area contributed by atoms with E-state index in [0.717, 1.165) is 4.47 Å². The lowest BCUT2D eigenvalue weighted by molar-refractivity contribution is -0.0226. The number of ether oxygens (including phenoxy) is 3. The van der Waals surface area contributed by atoms with Crippen LogP contribution in [0.4, 0.5) is 4.79 Å². The van der Waals surface area contributed by atoms with E-state index in [4.69, 9.17) is 14.2 Å². The van der Waals surface area contributed by atoms with Crippen molar-refractivity contribution in [2.45, 2.75) is 32.5 Å². The number of rotatable bonds is 3. The fraction of sp³-hybridized carbons (Fsp3) is 0.533. The van der Waals surface area contributed by atoms with Gasteiger partial charge in [0, 0.05) is 4.47 Å². The Labute approximate surface area is 133 Å². The average molecular weight is 358 g/mol.